The van der Waals surface area contributed by atoms with Crippen molar-refractivity contribution in [1.29, 1.82) is 0 Å². The van der Waals surface area contributed by atoms with Gasteiger partial charge in [0, 0.05) is 10.6 Å². The van der Waals surface area contributed by atoms with E-state index in [-0.39, 0.29) is 6.61 Å². The molecule has 0 spiro atoms. The van der Waals surface area contributed by atoms with Crippen molar-refractivity contribution in [3.8, 4) is 28.3 Å². The smallest absolute Gasteiger partial charge is 0.254 e. The Kier molecular flexibility index (Phi) is 4.67. The molecule has 128 valence electrons. The summed E-state index contributed by atoms with van der Waals surface area (Å²) in [6, 6.07) is 25.3. The van der Waals surface area contributed by atoms with Gasteiger partial charge >= 0.3 is 0 Å². The minimum absolute atomic E-state index is 0.214. The minimum atomic E-state index is 0.214. The Balaban J connectivity index is 1.41. The number of halogens is 1. The predicted molar refractivity (Wildman–Crippen MR) is 101 cm³/mol. The molecule has 4 rings (SSSR count). The topological polar surface area (TPSA) is 48.2 Å². The zero-order chi connectivity index (χ0) is 17.8. The summed E-state index contributed by atoms with van der Waals surface area (Å²) < 4.78 is 11.4. The van der Waals surface area contributed by atoms with Crippen LogP contribution in [0, 0.1) is 0 Å². The van der Waals surface area contributed by atoms with Crippen LogP contribution in [0.4, 0.5) is 0 Å². The van der Waals surface area contributed by atoms with E-state index >= 15 is 0 Å². The summed E-state index contributed by atoms with van der Waals surface area (Å²) in [7, 11) is 0. The molecular weight excluding hydrogens is 348 g/mol. The number of ether oxygens (including phenoxy) is 1. The summed E-state index contributed by atoms with van der Waals surface area (Å²) in [5.74, 6) is 1.61. The standard InChI is InChI=1S/C21H15ClN2O2/c22-18-10-6-17(7-11-18)21-24-23-20(26-21)14-25-19-12-8-16(9-13-19)15-4-2-1-3-5-15/h1-13H,14H2. The zero-order valence-corrected chi connectivity index (χ0v) is 14.6. The van der Waals surface area contributed by atoms with Crippen LogP contribution in [0.2, 0.25) is 5.02 Å². The lowest BCUT2D eigenvalue weighted by Gasteiger charge is -2.05. The van der Waals surface area contributed by atoms with Crippen LogP contribution in [0.5, 0.6) is 5.75 Å². The van der Waals surface area contributed by atoms with Gasteiger partial charge in [0.1, 0.15) is 5.75 Å². The molecule has 0 N–H and O–H groups in total. The Hall–Kier alpha value is -3.11. The number of hydrogen-bond donors (Lipinski definition) is 0. The number of hydrogen-bond acceptors (Lipinski definition) is 4. The molecule has 3 aromatic carbocycles. The highest BCUT2D eigenvalue weighted by atomic mass is 35.5. The number of benzene rings is 3. The Morgan fingerprint density at radius 2 is 1.38 bits per heavy atom. The van der Waals surface area contributed by atoms with Crippen molar-refractivity contribution in [2.75, 3.05) is 0 Å². The molecule has 0 radical (unpaired) electrons. The lowest BCUT2D eigenvalue weighted by atomic mass is 10.1. The van der Waals surface area contributed by atoms with Crippen LogP contribution >= 0.6 is 11.6 Å². The van der Waals surface area contributed by atoms with E-state index in [9.17, 15) is 0 Å². The molecule has 0 atom stereocenters. The van der Waals surface area contributed by atoms with Crippen LogP contribution in [0.3, 0.4) is 0 Å². The van der Waals surface area contributed by atoms with Gasteiger partial charge in [0.2, 0.25) is 5.89 Å². The molecule has 0 aliphatic rings. The van der Waals surface area contributed by atoms with E-state index in [2.05, 4.69) is 22.3 Å². The maximum Gasteiger partial charge on any atom is 0.254 e. The largest absolute Gasteiger partial charge is 0.484 e. The summed E-state index contributed by atoms with van der Waals surface area (Å²) >= 11 is 5.89. The molecule has 0 unspecified atom stereocenters. The van der Waals surface area contributed by atoms with E-state index in [4.69, 9.17) is 20.8 Å². The van der Waals surface area contributed by atoms with Crippen molar-refractivity contribution in [3.05, 3.63) is 89.8 Å². The fraction of sp³-hybridized carbons (Fsp3) is 0.0476. The number of aromatic nitrogens is 2. The molecule has 0 saturated heterocycles. The molecule has 0 bridgehead atoms. The van der Waals surface area contributed by atoms with Gasteiger partial charge in [-0.3, -0.25) is 0 Å². The summed E-state index contributed by atoms with van der Waals surface area (Å²) in [6.45, 7) is 0.214. The molecule has 1 heterocycles. The maximum atomic E-state index is 5.89. The lowest BCUT2D eigenvalue weighted by molar-refractivity contribution is 0.264. The molecule has 1 aromatic heterocycles. The highest BCUT2D eigenvalue weighted by Gasteiger charge is 2.09. The van der Waals surface area contributed by atoms with E-state index in [0.29, 0.717) is 16.8 Å². The van der Waals surface area contributed by atoms with Gasteiger partial charge in [-0.05, 0) is 47.5 Å². The van der Waals surface area contributed by atoms with Crippen molar-refractivity contribution in [2.45, 2.75) is 6.61 Å². The average Bonchev–Trinajstić information content (AvgIpc) is 3.17. The lowest BCUT2D eigenvalue weighted by Crippen LogP contribution is -1.95. The fourth-order valence-corrected chi connectivity index (χ4v) is 2.67. The minimum Gasteiger partial charge on any atom is -0.484 e. The third-order valence-electron chi connectivity index (χ3n) is 3.88. The molecule has 0 fully saturated rings. The van der Waals surface area contributed by atoms with Gasteiger partial charge in [0.25, 0.3) is 5.89 Å². The Labute approximate surface area is 156 Å². The van der Waals surface area contributed by atoms with Crippen LogP contribution in [0.25, 0.3) is 22.6 Å². The highest BCUT2D eigenvalue weighted by molar-refractivity contribution is 6.30. The quantitative estimate of drug-likeness (QED) is 0.461. The maximum absolute atomic E-state index is 5.89. The van der Waals surface area contributed by atoms with Gasteiger partial charge in [-0.1, -0.05) is 54.1 Å². The van der Waals surface area contributed by atoms with Gasteiger partial charge in [0.15, 0.2) is 6.61 Å². The third kappa shape index (κ3) is 3.76. The fourth-order valence-electron chi connectivity index (χ4n) is 2.54. The first-order valence-electron chi connectivity index (χ1n) is 8.14. The first-order chi connectivity index (χ1) is 12.8. The molecule has 4 aromatic rings. The van der Waals surface area contributed by atoms with E-state index in [0.717, 1.165) is 16.9 Å². The Bertz CT molecular complexity index is 981. The summed E-state index contributed by atoms with van der Waals surface area (Å²) in [5, 5.41) is 8.73. The monoisotopic (exact) mass is 362 g/mol. The van der Waals surface area contributed by atoms with Gasteiger partial charge in [-0.2, -0.15) is 0 Å². The normalized spacial score (nSPS) is 10.7. The average molecular weight is 363 g/mol. The number of rotatable bonds is 5. The van der Waals surface area contributed by atoms with E-state index < -0.39 is 0 Å². The zero-order valence-electron chi connectivity index (χ0n) is 13.8. The second kappa shape index (κ2) is 7.42. The molecule has 4 nitrogen and oxygen atoms in total. The molecular formula is C21H15ClN2O2. The van der Waals surface area contributed by atoms with Gasteiger partial charge in [-0.15, -0.1) is 10.2 Å². The summed E-state index contributed by atoms with van der Waals surface area (Å²) in [6.07, 6.45) is 0. The third-order valence-corrected chi connectivity index (χ3v) is 4.13. The van der Waals surface area contributed by atoms with Crippen molar-refractivity contribution in [3.63, 3.8) is 0 Å². The molecule has 0 aliphatic heterocycles. The van der Waals surface area contributed by atoms with Crippen LogP contribution < -0.4 is 4.74 Å². The molecule has 0 saturated carbocycles. The Morgan fingerprint density at radius 1 is 0.731 bits per heavy atom. The van der Waals surface area contributed by atoms with Crippen LogP contribution in [-0.2, 0) is 6.61 Å². The van der Waals surface area contributed by atoms with Crippen LogP contribution in [-0.4, -0.2) is 10.2 Å². The highest BCUT2D eigenvalue weighted by Crippen LogP contribution is 2.23. The first kappa shape index (κ1) is 16.4. The van der Waals surface area contributed by atoms with Crippen LogP contribution in [0.1, 0.15) is 5.89 Å². The van der Waals surface area contributed by atoms with Gasteiger partial charge < -0.3 is 9.15 Å². The second-order valence-corrected chi connectivity index (χ2v) is 6.12. The van der Waals surface area contributed by atoms with E-state index in [1.165, 1.54) is 5.56 Å². The number of nitrogens with zero attached hydrogens (tertiary/aromatic N) is 2. The first-order valence-corrected chi connectivity index (χ1v) is 8.52. The van der Waals surface area contributed by atoms with Crippen molar-refractivity contribution in [1.82, 2.24) is 10.2 Å². The Morgan fingerprint density at radius 3 is 2.12 bits per heavy atom. The van der Waals surface area contributed by atoms with Crippen molar-refractivity contribution < 1.29 is 9.15 Å². The molecule has 5 heteroatoms. The van der Waals surface area contributed by atoms with Crippen molar-refractivity contribution in [2.24, 2.45) is 0 Å². The molecule has 0 amide bonds. The molecule has 0 aliphatic carbocycles. The van der Waals surface area contributed by atoms with Crippen molar-refractivity contribution >= 4 is 11.6 Å². The summed E-state index contributed by atoms with van der Waals surface area (Å²) in [4.78, 5) is 0. The summed E-state index contributed by atoms with van der Waals surface area (Å²) in [5.41, 5.74) is 3.13. The second-order valence-electron chi connectivity index (χ2n) is 5.69. The van der Waals surface area contributed by atoms with Gasteiger partial charge in [0.05, 0.1) is 0 Å². The predicted octanol–water partition coefficient (Wildman–Crippen LogP) is 5.64. The van der Waals surface area contributed by atoms with E-state index in [1.807, 2.05) is 54.6 Å². The van der Waals surface area contributed by atoms with E-state index in [1.54, 1.807) is 12.1 Å². The van der Waals surface area contributed by atoms with Gasteiger partial charge in [-0.25, -0.2) is 0 Å². The molecule has 26 heavy (non-hydrogen) atoms. The van der Waals surface area contributed by atoms with Crippen LogP contribution in [0.15, 0.2) is 83.3 Å². The SMILES string of the molecule is Clc1ccc(-c2nnc(COc3ccc(-c4ccccc4)cc3)o2)cc1.